The number of rotatable bonds is 6. The van der Waals surface area contributed by atoms with Crippen LogP contribution >= 0.6 is 0 Å². The van der Waals surface area contributed by atoms with Gasteiger partial charge in [-0.2, -0.15) is 0 Å². The first-order chi connectivity index (χ1) is 15.6. The largest absolute Gasteiger partial charge is 0.414 e. The van der Waals surface area contributed by atoms with Crippen molar-refractivity contribution < 1.29 is 19.1 Å². The Morgan fingerprint density at radius 1 is 1.24 bits per heavy atom. The van der Waals surface area contributed by atoms with E-state index in [1.807, 2.05) is 6.07 Å². The summed E-state index contributed by atoms with van der Waals surface area (Å²) in [6.07, 6.45) is 1.85. The minimum atomic E-state index is -1.96. The van der Waals surface area contributed by atoms with Crippen molar-refractivity contribution in [2.75, 3.05) is 11.9 Å². The molecule has 0 bridgehead atoms. The third kappa shape index (κ3) is 4.84. The number of aliphatic hydroxyl groups is 1. The number of anilines is 1. The summed E-state index contributed by atoms with van der Waals surface area (Å²) in [5.41, 5.74) is 1.51. The van der Waals surface area contributed by atoms with Crippen molar-refractivity contribution in [3.8, 4) is 0 Å². The summed E-state index contributed by atoms with van der Waals surface area (Å²) in [5, 5.41) is 13.5. The second kappa shape index (κ2) is 8.94. The topological polar surface area (TPSA) is 111 Å². The van der Waals surface area contributed by atoms with Crippen LogP contribution in [0.4, 0.5) is 5.82 Å². The van der Waals surface area contributed by atoms with E-state index in [1.54, 1.807) is 35.2 Å². The number of imidazole rings is 1. The van der Waals surface area contributed by atoms with Gasteiger partial charge >= 0.3 is 0 Å². The highest BCUT2D eigenvalue weighted by molar-refractivity contribution is 6.74. The van der Waals surface area contributed by atoms with Crippen molar-refractivity contribution in [3.05, 3.63) is 48.5 Å². The summed E-state index contributed by atoms with van der Waals surface area (Å²) >= 11 is 0. The van der Waals surface area contributed by atoms with Crippen molar-refractivity contribution in [1.82, 2.24) is 19.5 Å². The number of hydrogen-bond acceptors (Lipinski definition) is 7. The van der Waals surface area contributed by atoms with Crippen LogP contribution in [0.1, 0.15) is 43.8 Å². The van der Waals surface area contributed by atoms with Gasteiger partial charge in [0.1, 0.15) is 18.7 Å². The van der Waals surface area contributed by atoms with E-state index in [0.717, 1.165) is 0 Å². The molecule has 1 saturated heterocycles. The van der Waals surface area contributed by atoms with Crippen LogP contribution in [-0.4, -0.2) is 57.7 Å². The second-order valence-electron chi connectivity index (χ2n) is 9.87. The first kappa shape index (κ1) is 23.5. The van der Waals surface area contributed by atoms with Crippen molar-refractivity contribution >= 4 is 31.2 Å². The average Bonchev–Trinajstić information content (AvgIpc) is 3.36. The molecule has 1 amide bonds. The van der Waals surface area contributed by atoms with E-state index in [-0.39, 0.29) is 10.9 Å². The monoisotopic (exact) mass is 469 g/mol. The van der Waals surface area contributed by atoms with E-state index in [2.05, 4.69) is 54.1 Å². The number of amides is 1. The zero-order valence-corrected chi connectivity index (χ0v) is 20.6. The molecule has 2 N–H and O–H groups in total. The maximum absolute atomic E-state index is 12.6. The Kier molecular flexibility index (Phi) is 6.36. The molecule has 33 heavy (non-hydrogen) atoms. The fourth-order valence-corrected chi connectivity index (χ4v) is 4.48. The van der Waals surface area contributed by atoms with Gasteiger partial charge in [-0.1, -0.05) is 39.0 Å². The molecular formula is C23H31N5O4Si. The molecule has 0 aliphatic carbocycles. The van der Waals surface area contributed by atoms with Crippen LogP contribution in [0.3, 0.4) is 0 Å². The van der Waals surface area contributed by atoms with Gasteiger partial charge < -0.3 is 19.6 Å². The van der Waals surface area contributed by atoms with Crippen molar-refractivity contribution in [3.63, 3.8) is 0 Å². The molecule has 9 nitrogen and oxygen atoms in total. The van der Waals surface area contributed by atoms with Crippen molar-refractivity contribution in [2.24, 2.45) is 0 Å². The summed E-state index contributed by atoms with van der Waals surface area (Å²) in [6.45, 7) is 11.2. The van der Waals surface area contributed by atoms with E-state index in [9.17, 15) is 9.90 Å². The van der Waals surface area contributed by atoms with Gasteiger partial charge in [0.2, 0.25) is 0 Å². The van der Waals surface area contributed by atoms with Gasteiger partial charge in [-0.15, -0.1) is 0 Å². The summed E-state index contributed by atoms with van der Waals surface area (Å²) < 4.78 is 14.2. The smallest absolute Gasteiger partial charge is 0.256 e. The maximum atomic E-state index is 12.6. The number of aromatic nitrogens is 4. The lowest BCUT2D eigenvalue weighted by Gasteiger charge is -2.37. The number of benzene rings is 1. The number of ether oxygens (including phenoxy) is 1. The van der Waals surface area contributed by atoms with Gasteiger partial charge in [0, 0.05) is 12.0 Å². The van der Waals surface area contributed by atoms with Crippen LogP contribution < -0.4 is 5.32 Å². The highest BCUT2D eigenvalue weighted by atomic mass is 28.4. The van der Waals surface area contributed by atoms with E-state index < -0.39 is 26.8 Å². The molecule has 10 heteroatoms. The molecule has 1 aliphatic heterocycles. The van der Waals surface area contributed by atoms with Crippen LogP contribution in [0.5, 0.6) is 0 Å². The Morgan fingerprint density at radius 2 is 1.97 bits per heavy atom. The van der Waals surface area contributed by atoms with Crippen LogP contribution in [0.25, 0.3) is 11.2 Å². The Labute approximate surface area is 194 Å². The van der Waals surface area contributed by atoms with Gasteiger partial charge in [-0.25, -0.2) is 15.0 Å². The lowest BCUT2D eigenvalue weighted by molar-refractivity contribution is -0.0405. The van der Waals surface area contributed by atoms with Gasteiger partial charge in [-0.05, 0) is 30.3 Å². The zero-order valence-electron chi connectivity index (χ0n) is 19.6. The predicted octanol–water partition coefficient (Wildman–Crippen LogP) is 3.75. The third-order valence-corrected chi connectivity index (χ3v) is 11.1. The van der Waals surface area contributed by atoms with E-state index >= 15 is 0 Å². The molecule has 3 heterocycles. The molecule has 3 atom stereocenters. The van der Waals surface area contributed by atoms with Crippen LogP contribution in [0, 0.1) is 0 Å². The average molecular weight is 470 g/mol. The highest BCUT2D eigenvalue weighted by Gasteiger charge is 2.41. The molecule has 0 unspecified atom stereocenters. The normalized spacial score (nSPS) is 21.5. The molecule has 0 saturated carbocycles. The zero-order chi connectivity index (χ0) is 23.8. The lowest BCUT2D eigenvalue weighted by atomic mass is 10.2. The first-order valence-electron chi connectivity index (χ1n) is 11.1. The summed E-state index contributed by atoms with van der Waals surface area (Å²) in [5.74, 6) is 0.0458. The molecule has 0 radical (unpaired) electrons. The number of carbonyl (C=O) groups is 1. The predicted molar refractivity (Wildman–Crippen MR) is 127 cm³/mol. The lowest BCUT2D eigenvalue weighted by Crippen LogP contribution is -2.43. The Balaban J connectivity index is 1.49. The first-order valence-corrected chi connectivity index (χ1v) is 14.0. The molecule has 1 aromatic carbocycles. The number of carbonyl (C=O) groups excluding carboxylic acids is 1. The molecule has 1 aliphatic rings. The molecule has 176 valence electrons. The second-order valence-corrected chi connectivity index (χ2v) is 14.7. The SMILES string of the molecule is CC(C)(C)[Si](C)(C)OC[C@@H]1O[C@@H](n2cnc3c(NC(=O)c4ccccc4)ncnc32)C[C@H]1O. The molecule has 1 fully saturated rings. The van der Waals surface area contributed by atoms with Crippen molar-refractivity contribution in [2.45, 2.75) is 63.8 Å². The fraction of sp³-hybridized carbons (Fsp3) is 0.478. The molecule has 3 aromatic rings. The maximum Gasteiger partial charge on any atom is 0.256 e. The Hall–Kier alpha value is -2.66. The van der Waals surface area contributed by atoms with Crippen LogP contribution in [-0.2, 0) is 9.16 Å². The van der Waals surface area contributed by atoms with E-state index in [0.29, 0.717) is 35.6 Å². The molecule has 2 aromatic heterocycles. The van der Waals surface area contributed by atoms with Crippen molar-refractivity contribution in [1.29, 1.82) is 0 Å². The van der Waals surface area contributed by atoms with E-state index in [1.165, 1.54) is 6.33 Å². The highest BCUT2D eigenvalue weighted by Crippen LogP contribution is 2.38. The number of hydrogen-bond donors (Lipinski definition) is 2. The number of fused-ring (bicyclic) bond motifs is 1. The van der Waals surface area contributed by atoms with Gasteiger partial charge in [0.25, 0.3) is 5.91 Å². The minimum Gasteiger partial charge on any atom is -0.414 e. The van der Waals surface area contributed by atoms with Gasteiger partial charge in [0.05, 0.1) is 19.0 Å². The molecule has 4 rings (SSSR count). The summed E-state index contributed by atoms with van der Waals surface area (Å²) in [4.78, 5) is 25.5. The quantitative estimate of drug-likeness (QED) is 0.529. The minimum absolute atomic E-state index is 0.0774. The fourth-order valence-electron chi connectivity index (χ4n) is 3.47. The summed E-state index contributed by atoms with van der Waals surface area (Å²) in [6, 6.07) is 8.90. The number of nitrogens with one attached hydrogen (secondary N) is 1. The summed E-state index contributed by atoms with van der Waals surface area (Å²) in [7, 11) is -1.96. The van der Waals surface area contributed by atoms with E-state index in [4.69, 9.17) is 9.16 Å². The molecule has 0 spiro atoms. The van der Waals surface area contributed by atoms with Gasteiger partial charge in [-0.3, -0.25) is 9.36 Å². The van der Waals surface area contributed by atoms with Crippen LogP contribution in [0.2, 0.25) is 18.1 Å². The Bertz CT molecular complexity index is 1130. The number of aliphatic hydroxyl groups excluding tert-OH is 1. The number of nitrogens with zero attached hydrogens (tertiary/aromatic N) is 4. The van der Waals surface area contributed by atoms with Crippen LogP contribution in [0.15, 0.2) is 43.0 Å². The third-order valence-electron chi connectivity index (χ3n) is 6.56. The standard InChI is InChI=1S/C23H31N5O4Si/c1-23(2,3)33(4,5)31-12-17-16(29)11-18(32-17)28-14-26-19-20(24-13-25-21(19)28)27-22(30)15-9-7-6-8-10-15/h6-10,13-14,16-18,29H,11-12H2,1-5H3,(H,24,25,27,30)/t16-,17+,18-/m1/s1. The molecular weight excluding hydrogens is 438 g/mol. The Morgan fingerprint density at radius 3 is 2.67 bits per heavy atom. The van der Waals surface area contributed by atoms with Gasteiger partial charge in [0.15, 0.2) is 25.3 Å².